The van der Waals surface area contributed by atoms with Crippen LogP contribution < -0.4 is 25.6 Å². The Morgan fingerprint density at radius 3 is 2.44 bits per heavy atom. The number of anilines is 1. The standard InChI is InChI=1S/C30H30N4O5/c1-38-26-11-10-22(14-27(26)39-23-4-2-3-5-23)34-17-21-7-6-18(12-24(21)30(34)37)15-33-16-20-9-8-19(28(35)32-31)13-25(20)29(33)36/h6-14,23H,2-5,15-17,31H2,1H3,(H,32,35). The molecule has 6 rings (SSSR count). The smallest absolute Gasteiger partial charge is 0.265 e. The van der Waals surface area contributed by atoms with Crippen molar-refractivity contribution in [1.82, 2.24) is 10.3 Å². The summed E-state index contributed by atoms with van der Waals surface area (Å²) in [5, 5.41) is 0. The fourth-order valence-corrected chi connectivity index (χ4v) is 5.70. The van der Waals surface area contributed by atoms with Crippen LogP contribution in [-0.4, -0.2) is 35.8 Å². The molecule has 0 saturated heterocycles. The van der Waals surface area contributed by atoms with E-state index in [1.165, 1.54) is 0 Å². The molecular weight excluding hydrogens is 496 g/mol. The van der Waals surface area contributed by atoms with Gasteiger partial charge in [-0.15, -0.1) is 0 Å². The first kappa shape index (κ1) is 24.9. The number of nitrogen functional groups attached to an aromatic ring is 1. The van der Waals surface area contributed by atoms with E-state index in [1.807, 2.05) is 36.4 Å². The van der Waals surface area contributed by atoms with Gasteiger partial charge in [-0.3, -0.25) is 19.8 Å². The van der Waals surface area contributed by atoms with Crippen LogP contribution in [0.5, 0.6) is 11.5 Å². The van der Waals surface area contributed by atoms with E-state index in [4.69, 9.17) is 15.3 Å². The summed E-state index contributed by atoms with van der Waals surface area (Å²) in [7, 11) is 1.62. The minimum Gasteiger partial charge on any atom is -0.493 e. The molecule has 2 heterocycles. The van der Waals surface area contributed by atoms with E-state index in [2.05, 4.69) is 5.43 Å². The van der Waals surface area contributed by atoms with Gasteiger partial charge in [0.25, 0.3) is 17.7 Å². The summed E-state index contributed by atoms with van der Waals surface area (Å²) >= 11 is 0. The normalized spacial score (nSPS) is 16.5. The summed E-state index contributed by atoms with van der Waals surface area (Å²) in [6, 6.07) is 16.4. The van der Waals surface area contributed by atoms with Gasteiger partial charge in [0.05, 0.1) is 19.8 Å². The van der Waals surface area contributed by atoms with Gasteiger partial charge >= 0.3 is 0 Å². The maximum atomic E-state index is 13.5. The Balaban J connectivity index is 1.19. The molecule has 3 N–H and O–H groups in total. The SMILES string of the molecule is COc1ccc(N2Cc3ccc(CN4Cc5ccc(C(=O)NN)cc5C4=O)cc3C2=O)cc1OC1CCCC1. The van der Waals surface area contributed by atoms with Crippen molar-refractivity contribution in [2.75, 3.05) is 12.0 Å². The van der Waals surface area contributed by atoms with Crippen molar-refractivity contribution >= 4 is 23.4 Å². The number of methoxy groups -OCH3 is 1. The van der Waals surface area contributed by atoms with Crippen molar-refractivity contribution in [1.29, 1.82) is 0 Å². The molecule has 0 aromatic heterocycles. The Kier molecular flexibility index (Phi) is 6.44. The van der Waals surface area contributed by atoms with Gasteiger partial charge in [0, 0.05) is 41.5 Å². The minimum absolute atomic E-state index is 0.0858. The monoisotopic (exact) mass is 526 g/mol. The molecule has 2 aliphatic heterocycles. The highest BCUT2D eigenvalue weighted by atomic mass is 16.5. The van der Waals surface area contributed by atoms with Crippen molar-refractivity contribution in [3.63, 3.8) is 0 Å². The van der Waals surface area contributed by atoms with Crippen LogP contribution in [0.4, 0.5) is 5.69 Å². The Morgan fingerprint density at radius 1 is 0.923 bits per heavy atom. The average molecular weight is 527 g/mol. The molecule has 39 heavy (non-hydrogen) atoms. The van der Waals surface area contributed by atoms with Gasteiger partial charge < -0.3 is 19.3 Å². The number of fused-ring (bicyclic) bond motifs is 2. The summed E-state index contributed by atoms with van der Waals surface area (Å²) in [6.07, 6.45) is 4.55. The lowest BCUT2D eigenvalue weighted by Gasteiger charge is -2.20. The number of ether oxygens (including phenoxy) is 2. The molecule has 9 heteroatoms. The Labute approximate surface area is 226 Å². The molecule has 1 fully saturated rings. The summed E-state index contributed by atoms with van der Waals surface area (Å²) in [5.74, 6) is 5.86. The van der Waals surface area contributed by atoms with Gasteiger partial charge in [-0.25, -0.2) is 5.84 Å². The zero-order chi connectivity index (χ0) is 27.1. The Hall–Kier alpha value is -4.37. The second-order valence-corrected chi connectivity index (χ2v) is 10.2. The molecule has 3 aliphatic rings. The summed E-state index contributed by atoms with van der Waals surface area (Å²) in [4.78, 5) is 41.9. The van der Waals surface area contributed by atoms with Crippen molar-refractivity contribution in [2.45, 2.75) is 51.4 Å². The quantitative estimate of drug-likeness (QED) is 0.274. The van der Waals surface area contributed by atoms with Crippen LogP contribution in [0.2, 0.25) is 0 Å². The number of rotatable bonds is 7. The fraction of sp³-hybridized carbons (Fsp3) is 0.300. The number of hydrazine groups is 1. The number of benzene rings is 3. The van der Waals surface area contributed by atoms with E-state index < -0.39 is 5.91 Å². The third-order valence-corrected chi connectivity index (χ3v) is 7.79. The van der Waals surface area contributed by atoms with E-state index in [0.29, 0.717) is 47.8 Å². The number of carbonyl (C=O) groups is 3. The largest absolute Gasteiger partial charge is 0.493 e. The van der Waals surface area contributed by atoms with Gasteiger partial charge in [-0.2, -0.15) is 0 Å². The number of nitrogens with two attached hydrogens (primary N) is 1. The number of hydrogen-bond donors (Lipinski definition) is 2. The lowest BCUT2D eigenvalue weighted by Crippen LogP contribution is -2.30. The number of amides is 3. The van der Waals surface area contributed by atoms with Gasteiger partial charge in [0.2, 0.25) is 0 Å². The van der Waals surface area contributed by atoms with Crippen LogP contribution in [0, 0.1) is 0 Å². The molecule has 3 aromatic carbocycles. The highest BCUT2D eigenvalue weighted by molar-refractivity contribution is 6.10. The molecule has 0 atom stereocenters. The number of nitrogens with one attached hydrogen (secondary N) is 1. The van der Waals surface area contributed by atoms with Crippen molar-refractivity contribution in [3.8, 4) is 11.5 Å². The molecule has 200 valence electrons. The second-order valence-electron chi connectivity index (χ2n) is 10.2. The van der Waals surface area contributed by atoms with E-state index >= 15 is 0 Å². The molecule has 1 saturated carbocycles. The van der Waals surface area contributed by atoms with Gasteiger partial charge in [-0.1, -0.05) is 18.2 Å². The molecule has 9 nitrogen and oxygen atoms in total. The lowest BCUT2D eigenvalue weighted by molar-refractivity contribution is 0.0766. The predicted octanol–water partition coefficient (Wildman–Crippen LogP) is 3.94. The maximum Gasteiger partial charge on any atom is 0.265 e. The zero-order valence-corrected chi connectivity index (χ0v) is 21.7. The Bertz CT molecular complexity index is 1480. The fourth-order valence-electron chi connectivity index (χ4n) is 5.70. The van der Waals surface area contributed by atoms with E-state index in [0.717, 1.165) is 48.1 Å². The molecule has 0 unspecified atom stereocenters. The van der Waals surface area contributed by atoms with Gasteiger partial charge in [-0.05, 0) is 72.7 Å². The average Bonchev–Trinajstić information content (AvgIpc) is 3.67. The molecule has 1 aliphatic carbocycles. The van der Waals surface area contributed by atoms with Crippen LogP contribution in [0.3, 0.4) is 0 Å². The van der Waals surface area contributed by atoms with E-state index in [9.17, 15) is 14.4 Å². The van der Waals surface area contributed by atoms with Crippen LogP contribution >= 0.6 is 0 Å². The topological polar surface area (TPSA) is 114 Å². The second kappa shape index (κ2) is 10.1. The van der Waals surface area contributed by atoms with Crippen LogP contribution in [0.25, 0.3) is 0 Å². The first-order chi connectivity index (χ1) is 18.9. The first-order valence-electron chi connectivity index (χ1n) is 13.2. The van der Waals surface area contributed by atoms with Crippen LogP contribution in [0.1, 0.15) is 73.4 Å². The van der Waals surface area contributed by atoms with E-state index in [1.54, 1.807) is 35.1 Å². The molecule has 0 bridgehead atoms. The highest BCUT2D eigenvalue weighted by Gasteiger charge is 2.32. The molecule has 0 radical (unpaired) electrons. The predicted molar refractivity (Wildman–Crippen MR) is 145 cm³/mol. The van der Waals surface area contributed by atoms with Crippen molar-refractivity contribution in [2.24, 2.45) is 5.84 Å². The Morgan fingerprint density at radius 2 is 1.67 bits per heavy atom. The van der Waals surface area contributed by atoms with Gasteiger partial charge in [0.15, 0.2) is 11.5 Å². The summed E-state index contributed by atoms with van der Waals surface area (Å²) in [6.45, 7) is 1.25. The zero-order valence-electron chi connectivity index (χ0n) is 21.7. The van der Waals surface area contributed by atoms with Crippen LogP contribution in [-0.2, 0) is 19.6 Å². The van der Waals surface area contributed by atoms with Crippen molar-refractivity contribution in [3.05, 3.63) is 88.0 Å². The molecule has 0 spiro atoms. The van der Waals surface area contributed by atoms with Gasteiger partial charge in [0.1, 0.15) is 0 Å². The number of hydrogen-bond acceptors (Lipinski definition) is 6. The summed E-state index contributed by atoms with van der Waals surface area (Å²) < 4.78 is 11.7. The lowest BCUT2D eigenvalue weighted by atomic mass is 10.1. The first-order valence-corrected chi connectivity index (χ1v) is 13.2. The molecule has 3 amide bonds. The van der Waals surface area contributed by atoms with Crippen molar-refractivity contribution < 1.29 is 23.9 Å². The third kappa shape index (κ3) is 4.59. The highest BCUT2D eigenvalue weighted by Crippen LogP contribution is 2.38. The molecular formula is C30H30N4O5. The molecule has 3 aromatic rings. The maximum absolute atomic E-state index is 13.5. The number of nitrogens with zero attached hydrogens (tertiary/aromatic N) is 2. The number of carbonyl (C=O) groups excluding carboxylic acids is 3. The third-order valence-electron chi connectivity index (χ3n) is 7.79. The van der Waals surface area contributed by atoms with Crippen LogP contribution in [0.15, 0.2) is 54.6 Å². The minimum atomic E-state index is -0.445. The summed E-state index contributed by atoms with van der Waals surface area (Å²) in [5.41, 5.74) is 6.97. The van der Waals surface area contributed by atoms with E-state index in [-0.39, 0.29) is 17.9 Å².